The van der Waals surface area contributed by atoms with Crippen LogP contribution in [0.4, 0.5) is 15.9 Å². The van der Waals surface area contributed by atoms with Crippen molar-refractivity contribution in [1.82, 2.24) is 15.0 Å². The van der Waals surface area contributed by atoms with Crippen LogP contribution in [0.2, 0.25) is 0 Å². The number of rotatable bonds is 7. The van der Waals surface area contributed by atoms with Crippen LogP contribution in [-0.2, 0) is 10.0 Å². The second-order valence-electron chi connectivity index (χ2n) is 7.86. The Balaban J connectivity index is 1.70. The van der Waals surface area contributed by atoms with E-state index in [9.17, 15) is 12.8 Å². The average Bonchev–Trinajstić information content (AvgIpc) is 2.92. The monoisotopic (exact) mass is 511 g/mol. The molecule has 8 nitrogen and oxygen atoms in total. The maximum atomic E-state index is 14.1. The van der Waals surface area contributed by atoms with E-state index in [1.807, 2.05) is 6.07 Å². The molecule has 0 unspecified atom stereocenters. The highest BCUT2D eigenvalue weighted by molar-refractivity contribution is 7.93. The van der Waals surface area contributed by atoms with E-state index in [1.54, 1.807) is 54.9 Å². The van der Waals surface area contributed by atoms with Crippen LogP contribution < -0.4 is 9.04 Å². The second-order valence-corrected chi connectivity index (χ2v) is 9.65. The zero-order chi connectivity index (χ0) is 25.8. The molecule has 5 aromatic rings. The van der Waals surface area contributed by atoms with Gasteiger partial charge in [0, 0.05) is 30.0 Å². The molecule has 0 fully saturated rings. The Kier molecular flexibility index (Phi) is 6.45. The molecule has 0 amide bonds. The van der Waals surface area contributed by atoms with Gasteiger partial charge in [-0.1, -0.05) is 24.3 Å². The smallest absolute Gasteiger partial charge is 0.270 e. The first-order valence-electron chi connectivity index (χ1n) is 11.0. The number of sulfonamides is 1. The van der Waals surface area contributed by atoms with Gasteiger partial charge in [0.15, 0.2) is 12.4 Å². The number of ether oxygens (including phenoxy) is 1. The van der Waals surface area contributed by atoms with E-state index in [4.69, 9.17) is 10.00 Å². The molecule has 2 heterocycles. The molecule has 0 saturated carbocycles. The third kappa shape index (κ3) is 4.80. The topological polar surface area (TPSA) is 109 Å². The fourth-order valence-electron chi connectivity index (χ4n) is 3.86. The predicted octanol–water partition coefficient (Wildman–Crippen LogP) is 5.26. The Bertz CT molecular complexity index is 1740. The molecule has 0 saturated heterocycles. The van der Waals surface area contributed by atoms with Gasteiger partial charge >= 0.3 is 0 Å². The molecule has 0 N–H and O–H groups in total. The molecule has 10 heteroatoms. The van der Waals surface area contributed by atoms with Crippen LogP contribution in [0.15, 0.2) is 103 Å². The summed E-state index contributed by atoms with van der Waals surface area (Å²) in [6, 6.07) is 20.5. The number of nitrogens with zero attached hydrogens (tertiary/aromatic N) is 5. The van der Waals surface area contributed by atoms with Crippen LogP contribution in [0.5, 0.6) is 5.75 Å². The molecular formula is C27H18FN5O3S. The summed E-state index contributed by atoms with van der Waals surface area (Å²) in [6.45, 7) is -0.333. The molecule has 5 rings (SSSR count). The van der Waals surface area contributed by atoms with Gasteiger partial charge in [0.1, 0.15) is 29.7 Å². The van der Waals surface area contributed by atoms with E-state index < -0.39 is 15.8 Å². The first-order chi connectivity index (χ1) is 18.0. The van der Waals surface area contributed by atoms with Crippen molar-refractivity contribution in [3.63, 3.8) is 0 Å². The van der Waals surface area contributed by atoms with E-state index in [2.05, 4.69) is 15.0 Å². The molecule has 37 heavy (non-hydrogen) atoms. The molecular weight excluding hydrogens is 493 g/mol. The normalized spacial score (nSPS) is 11.1. The highest BCUT2D eigenvalue weighted by Gasteiger charge is 2.31. The van der Waals surface area contributed by atoms with Crippen molar-refractivity contribution >= 4 is 32.3 Å². The van der Waals surface area contributed by atoms with Crippen LogP contribution in [0.25, 0.3) is 21.9 Å². The summed E-state index contributed by atoms with van der Waals surface area (Å²) in [5, 5.41) is 10.6. The van der Waals surface area contributed by atoms with E-state index >= 15 is 0 Å². The molecule has 0 bridgehead atoms. The lowest BCUT2D eigenvalue weighted by Gasteiger charge is -2.25. The third-order valence-corrected chi connectivity index (χ3v) is 7.27. The third-order valence-electron chi connectivity index (χ3n) is 5.55. The summed E-state index contributed by atoms with van der Waals surface area (Å²) in [7, 11) is -4.23. The van der Waals surface area contributed by atoms with Gasteiger partial charge in [-0.15, -0.1) is 0 Å². The summed E-state index contributed by atoms with van der Waals surface area (Å²) in [5.74, 6) is -0.238. The van der Waals surface area contributed by atoms with Gasteiger partial charge in [-0.3, -0.25) is 4.98 Å². The number of hydrogen-bond acceptors (Lipinski definition) is 7. The van der Waals surface area contributed by atoms with Crippen molar-refractivity contribution in [2.45, 2.75) is 4.90 Å². The molecule has 182 valence electrons. The predicted molar refractivity (Wildman–Crippen MR) is 136 cm³/mol. The largest absolute Gasteiger partial charge is 0.477 e. The van der Waals surface area contributed by atoms with Crippen LogP contribution >= 0.6 is 0 Å². The Morgan fingerprint density at radius 2 is 1.76 bits per heavy atom. The Morgan fingerprint density at radius 3 is 2.54 bits per heavy atom. The maximum absolute atomic E-state index is 14.1. The number of fused-ring (bicyclic) bond motifs is 1. The number of aromatic nitrogens is 3. The van der Waals surface area contributed by atoms with Crippen LogP contribution in [0.3, 0.4) is 0 Å². The van der Waals surface area contributed by atoms with Crippen LogP contribution in [0, 0.1) is 17.1 Å². The lowest BCUT2D eigenvalue weighted by atomic mass is 10.0. The summed E-state index contributed by atoms with van der Waals surface area (Å²) in [5.41, 5.74) is 1.27. The number of pyridine rings is 1. The Labute approximate surface area is 212 Å². The molecule has 0 aliphatic heterocycles. The van der Waals surface area contributed by atoms with Crippen molar-refractivity contribution in [3.8, 4) is 22.9 Å². The van der Waals surface area contributed by atoms with Crippen molar-refractivity contribution in [3.05, 3.63) is 104 Å². The molecule has 0 atom stereocenters. The maximum Gasteiger partial charge on any atom is 0.270 e. The second kappa shape index (κ2) is 10.0. The van der Waals surface area contributed by atoms with Gasteiger partial charge in [-0.05, 0) is 59.0 Å². The zero-order valence-corrected chi connectivity index (χ0v) is 20.0. The minimum Gasteiger partial charge on any atom is -0.477 e. The molecule has 0 aliphatic rings. The van der Waals surface area contributed by atoms with Crippen LogP contribution in [0.1, 0.15) is 0 Å². The van der Waals surface area contributed by atoms with E-state index in [-0.39, 0.29) is 28.8 Å². The van der Waals surface area contributed by atoms with Gasteiger partial charge in [0.25, 0.3) is 10.0 Å². The molecule has 0 spiro atoms. The van der Waals surface area contributed by atoms with Crippen molar-refractivity contribution in [2.24, 2.45) is 0 Å². The van der Waals surface area contributed by atoms with Gasteiger partial charge in [-0.25, -0.2) is 27.1 Å². The highest BCUT2D eigenvalue weighted by atomic mass is 32.2. The van der Waals surface area contributed by atoms with Gasteiger partial charge < -0.3 is 4.74 Å². The Hall–Kier alpha value is -4.88. The molecule has 2 aromatic heterocycles. The lowest BCUT2D eigenvalue weighted by Crippen LogP contribution is -2.27. The number of benzene rings is 3. The summed E-state index contributed by atoms with van der Waals surface area (Å²) in [6.07, 6.45) is 5.89. The van der Waals surface area contributed by atoms with Crippen molar-refractivity contribution in [1.29, 1.82) is 5.26 Å². The SMILES string of the molecule is N#CCOc1cc(-c2cccc(F)c2)ccc1N(c1ccncn1)S(=O)(=O)c1ccc2cnccc2c1. The quantitative estimate of drug-likeness (QED) is 0.293. The fraction of sp³-hybridized carbons (Fsp3) is 0.0370. The van der Waals surface area contributed by atoms with E-state index in [1.165, 1.54) is 42.9 Å². The average molecular weight is 512 g/mol. The molecule has 3 aromatic carbocycles. The van der Waals surface area contributed by atoms with E-state index in [0.717, 1.165) is 9.69 Å². The molecule has 0 aliphatic carbocycles. The van der Waals surface area contributed by atoms with Gasteiger partial charge in [0.2, 0.25) is 0 Å². The standard InChI is InChI=1S/C27H18FN5O3S/c28-23-3-1-2-19(14-23)20-5-7-25(26(16-20)36-13-10-29)33(27-9-12-31-18-32-27)37(34,35)24-6-4-22-17-30-11-8-21(22)15-24/h1-9,11-12,14-18H,13H2. The number of halogens is 1. The first kappa shape index (κ1) is 23.8. The summed E-state index contributed by atoms with van der Waals surface area (Å²) >= 11 is 0. The zero-order valence-electron chi connectivity index (χ0n) is 19.2. The summed E-state index contributed by atoms with van der Waals surface area (Å²) in [4.78, 5) is 12.2. The number of nitriles is 1. The first-order valence-corrected chi connectivity index (χ1v) is 12.5. The van der Waals surface area contributed by atoms with Gasteiger partial charge in [0.05, 0.1) is 4.90 Å². The number of anilines is 2. The summed E-state index contributed by atoms with van der Waals surface area (Å²) < 4.78 is 48.7. The van der Waals surface area contributed by atoms with Crippen molar-refractivity contribution in [2.75, 3.05) is 10.9 Å². The lowest BCUT2D eigenvalue weighted by molar-refractivity contribution is 0.369. The van der Waals surface area contributed by atoms with E-state index in [0.29, 0.717) is 16.5 Å². The van der Waals surface area contributed by atoms with Crippen molar-refractivity contribution < 1.29 is 17.5 Å². The minimum absolute atomic E-state index is 0.0188. The number of hydrogen-bond donors (Lipinski definition) is 0. The highest BCUT2D eigenvalue weighted by Crippen LogP contribution is 2.40. The van der Waals surface area contributed by atoms with Crippen LogP contribution in [-0.4, -0.2) is 30.0 Å². The molecule has 0 radical (unpaired) electrons. The minimum atomic E-state index is -4.23. The van der Waals surface area contributed by atoms with Gasteiger partial charge in [-0.2, -0.15) is 5.26 Å². The fourth-order valence-corrected chi connectivity index (χ4v) is 5.35. The Morgan fingerprint density at radius 1 is 0.919 bits per heavy atom.